The first kappa shape index (κ1) is 9.59. The summed E-state index contributed by atoms with van der Waals surface area (Å²) in [6, 6.07) is 0. The molecule has 10 heavy (non-hydrogen) atoms. The van der Waals surface area contributed by atoms with Crippen molar-refractivity contribution in [3.05, 3.63) is 12.3 Å². The first-order valence-corrected chi connectivity index (χ1v) is 5.62. The van der Waals surface area contributed by atoms with Crippen LogP contribution in [0, 0.1) is 0 Å². The molecule has 0 bridgehead atoms. The molecular formula is C7H15NOSi. The number of hydrogen-bond donors (Lipinski definition) is 1. The summed E-state index contributed by atoms with van der Waals surface area (Å²) < 4.78 is 0. The highest BCUT2D eigenvalue weighted by Gasteiger charge is 2.09. The Balaban J connectivity index is 3.60. The zero-order chi connectivity index (χ0) is 7.98. The van der Waals surface area contributed by atoms with Crippen LogP contribution in [0.4, 0.5) is 0 Å². The molecule has 0 saturated heterocycles. The molecule has 0 aromatic rings. The van der Waals surface area contributed by atoms with E-state index in [-0.39, 0.29) is 0 Å². The van der Waals surface area contributed by atoms with Gasteiger partial charge in [0, 0.05) is 0 Å². The molecule has 3 heteroatoms. The Labute approximate surface area is 63.9 Å². The summed E-state index contributed by atoms with van der Waals surface area (Å²) in [6.07, 6.45) is 0.856. The maximum Gasteiger partial charge on any atom is 0.153 e. The molecule has 2 nitrogen and oxygen atoms in total. The van der Waals surface area contributed by atoms with E-state index in [1.807, 2.05) is 12.6 Å². The first-order valence-electron chi connectivity index (χ1n) is 3.56. The quantitative estimate of drug-likeness (QED) is 0.578. The predicted molar refractivity (Wildman–Crippen MR) is 46.6 cm³/mol. The lowest BCUT2D eigenvalue weighted by atomic mass is 10.8. The van der Waals surface area contributed by atoms with Gasteiger partial charge in [0.05, 0.1) is 0 Å². The number of rotatable bonds is 5. The van der Waals surface area contributed by atoms with Gasteiger partial charge in [0.2, 0.25) is 0 Å². The van der Waals surface area contributed by atoms with Crippen molar-refractivity contribution < 1.29 is 4.79 Å². The maximum atomic E-state index is 10.8. The molecule has 58 valence electrons. The lowest BCUT2D eigenvalue weighted by molar-refractivity contribution is -0.110. The minimum Gasteiger partial charge on any atom is -0.319 e. The summed E-state index contributed by atoms with van der Waals surface area (Å²) in [5, 5.41) is 3.47. The fraction of sp³-hybridized carbons (Fsp3) is 0.571. The van der Waals surface area contributed by atoms with Crippen molar-refractivity contribution in [3.63, 3.8) is 0 Å². The average Bonchev–Trinajstić information content (AvgIpc) is 1.89. The van der Waals surface area contributed by atoms with Crippen LogP contribution in [-0.4, -0.2) is 26.9 Å². The second kappa shape index (κ2) is 5.38. The highest BCUT2D eigenvalue weighted by molar-refractivity contribution is 6.93. The van der Waals surface area contributed by atoms with Gasteiger partial charge in [0.1, 0.15) is 5.41 Å². The van der Waals surface area contributed by atoms with E-state index < -0.39 is 8.80 Å². The van der Waals surface area contributed by atoms with Gasteiger partial charge >= 0.3 is 0 Å². The minimum absolute atomic E-state index is 0.316. The Bertz CT molecular complexity index is 125. The summed E-state index contributed by atoms with van der Waals surface area (Å²) in [5.41, 5.74) is 1.82. The van der Waals surface area contributed by atoms with Gasteiger partial charge in [-0.25, -0.2) is 0 Å². The zero-order valence-electron chi connectivity index (χ0n) is 6.68. The number of carbonyl (C=O) groups excluding carboxylic acids is 1. The molecule has 0 aliphatic rings. The first-order chi connectivity index (χ1) is 4.72. The van der Waals surface area contributed by atoms with Crippen LogP contribution in [0.15, 0.2) is 12.3 Å². The van der Waals surface area contributed by atoms with E-state index in [9.17, 15) is 4.79 Å². The molecule has 0 aliphatic carbocycles. The second-order valence-electron chi connectivity index (χ2n) is 2.26. The summed E-state index contributed by atoms with van der Waals surface area (Å²) in [6.45, 7) is 8.26. The van der Waals surface area contributed by atoms with E-state index in [4.69, 9.17) is 0 Å². The lowest BCUT2D eigenvalue weighted by Gasteiger charge is -2.05. The molecule has 0 rings (SSSR count). The SMILES string of the molecule is C=C[SiH](CNCC)C(C)=O. The van der Waals surface area contributed by atoms with Crippen molar-refractivity contribution in [3.8, 4) is 0 Å². The topological polar surface area (TPSA) is 29.1 Å². The smallest absolute Gasteiger partial charge is 0.153 e. The summed E-state index contributed by atoms with van der Waals surface area (Å²) in [5.74, 6) is 0. The van der Waals surface area contributed by atoms with Gasteiger partial charge in [-0.2, -0.15) is 0 Å². The molecule has 0 spiro atoms. The van der Waals surface area contributed by atoms with Crippen LogP contribution in [0.1, 0.15) is 13.8 Å². The summed E-state index contributed by atoms with van der Waals surface area (Å²) in [4.78, 5) is 10.8. The Kier molecular flexibility index (Phi) is 5.16. The fourth-order valence-electron chi connectivity index (χ4n) is 0.693. The molecule has 0 saturated carbocycles. The highest BCUT2D eigenvalue weighted by Crippen LogP contribution is 1.83. The van der Waals surface area contributed by atoms with Crippen molar-refractivity contribution >= 4 is 14.2 Å². The zero-order valence-corrected chi connectivity index (χ0v) is 7.84. The highest BCUT2D eigenvalue weighted by atomic mass is 28.3. The van der Waals surface area contributed by atoms with Crippen LogP contribution in [0.5, 0.6) is 0 Å². The molecule has 0 radical (unpaired) electrons. The molecule has 0 aromatic heterocycles. The van der Waals surface area contributed by atoms with E-state index >= 15 is 0 Å². The maximum absolute atomic E-state index is 10.8. The van der Waals surface area contributed by atoms with Gasteiger partial charge in [-0.3, -0.25) is 0 Å². The van der Waals surface area contributed by atoms with Crippen LogP contribution in [0.2, 0.25) is 0 Å². The third kappa shape index (κ3) is 3.58. The van der Waals surface area contributed by atoms with Crippen LogP contribution >= 0.6 is 0 Å². The van der Waals surface area contributed by atoms with Gasteiger partial charge in [0.25, 0.3) is 0 Å². The van der Waals surface area contributed by atoms with Crippen molar-refractivity contribution in [2.24, 2.45) is 0 Å². The number of hydrogen-bond acceptors (Lipinski definition) is 2. The standard InChI is InChI=1S/C7H15NOSi/c1-4-8-6-10(5-2)7(3)9/h5,8,10H,2,4,6H2,1,3H3. The number of carbonyl (C=O) groups is 1. The van der Waals surface area contributed by atoms with E-state index in [2.05, 4.69) is 11.9 Å². The summed E-state index contributed by atoms with van der Waals surface area (Å²) in [7, 11) is -1.29. The molecule has 1 unspecified atom stereocenters. The molecule has 0 fully saturated rings. The Morgan fingerprint density at radius 1 is 1.80 bits per heavy atom. The normalized spacial score (nSPS) is 12.6. The monoisotopic (exact) mass is 157 g/mol. The van der Waals surface area contributed by atoms with Crippen molar-refractivity contribution in [1.29, 1.82) is 0 Å². The predicted octanol–water partition coefficient (Wildman–Crippen LogP) is 0.216. The second-order valence-corrected chi connectivity index (χ2v) is 5.17. The molecule has 0 aliphatic heterocycles. The van der Waals surface area contributed by atoms with Gasteiger partial charge in [-0.05, 0) is 19.6 Å². The van der Waals surface area contributed by atoms with Crippen LogP contribution in [-0.2, 0) is 4.79 Å². The van der Waals surface area contributed by atoms with Gasteiger partial charge in [-0.15, -0.1) is 6.58 Å². The molecule has 0 heterocycles. The van der Waals surface area contributed by atoms with Crippen molar-refractivity contribution in [2.45, 2.75) is 13.8 Å². The van der Waals surface area contributed by atoms with E-state index in [0.29, 0.717) is 5.41 Å². The average molecular weight is 157 g/mol. The minimum atomic E-state index is -1.29. The van der Waals surface area contributed by atoms with Crippen molar-refractivity contribution in [2.75, 3.05) is 12.7 Å². The van der Waals surface area contributed by atoms with Gasteiger partial charge in [-0.1, -0.05) is 12.6 Å². The van der Waals surface area contributed by atoms with E-state index in [1.165, 1.54) is 0 Å². The van der Waals surface area contributed by atoms with E-state index in [0.717, 1.165) is 12.7 Å². The Hall–Kier alpha value is -0.413. The number of nitrogens with one attached hydrogen (secondary N) is 1. The van der Waals surface area contributed by atoms with E-state index in [1.54, 1.807) is 6.92 Å². The van der Waals surface area contributed by atoms with Crippen LogP contribution < -0.4 is 5.32 Å². The Morgan fingerprint density at radius 2 is 2.40 bits per heavy atom. The molecule has 0 amide bonds. The molecule has 1 N–H and O–H groups in total. The van der Waals surface area contributed by atoms with Crippen LogP contribution in [0.25, 0.3) is 0 Å². The molecular weight excluding hydrogens is 142 g/mol. The fourth-order valence-corrected chi connectivity index (χ4v) is 2.08. The van der Waals surface area contributed by atoms with Gasteiger partial charge < -0.3 is 10.1 Å². The molecule has 1 atom stereocenters. The van der Waals surface area contributed by atoms with Gasteiger partial charge in [0.15, 0.2) is 8.80 Å². The largest absolute Gasteiger partial charge is 0.319 e. The third-order valence-electron chi connectivity index (χ3n) is 1.42. The summed E-state index contributed by atoms with van der Waals surface area (Å²) >= 11 is 0. The van der Waals surface area contributed by atoms with Crippen LogP contribution in [0.3, 0.4) is 0 Å². The third-order valence-corrected chi connectivity index (χ3v) is 3.76. The molecule has 0 aromatic carbocycles. The van der Waals surface area contributed by atoms with Crippen molar-refractivity contribution in [1.82, 2.24) is 5.32 Å². The lowest BCUT2D eigenvalue weighted by Crippen LogP contribution is -2.34. The Morgan fingerprint density at radius 3 is 2.70 bits per heavy atom.